The van der Waals surface area contributed by atoms with Crippen LogP contribution in [-0.2, 0) is 11.2 Å². The van der Waals surface area contributed by atoms with E-state index in [0.29, 0.717) is 6.42 Å². The van der Waals surface area contributed by atoms with Crippen molar-refractivity contribution in [3.05, 3.63) is 71.0 Å². The first-order valence-corrected chi connectivity index (χ1v) is 6.57. The maximum atomic E-state index is 12.9. The molecule has 3 heteroatoms. The number of rotatable bonds is 5. The summed E-state index contributed by atoms with van der Waals surface area (Å²) in [4.78, 5) is 11.0. The number of aryl methyl sites for hydroxylation is 1. The first kappa shape index (κ1) is 14.3. The molecular weight excluding hydrogens is 255 g/mol. The van der Waals surface area contributed by atoms with E-state index in [1.54, 1.807) is 12.1 Å². The molecule has 1 atom stereocenters. The third-order valence-corrected chi connectivity index (χ3v) is 3.37. The van der Waals surface area contributed by atoms with Gasteiger partial charge in [0.25, 0.3) is 0 Å². The van der Waals surface area contributed by atoms with Crippen molar-refractivity contribution in [2.45, 2.75) is 25.7 Å². The number of aliphatic carboxylic acids is 1. The van der Waals surface area contributed by atoms with Crippen molar-refractivity contribution in [3.63, 3.8) is 0 Å². The minimum absolute atomic E-state index is 0.0699. The molecule has 0 saturated carbocycles. The highest BCUT2D eigenvalue weighted by atomic mass is 19.1. The van der Waals surface area contributed by atoms with Crippen molar-refractivity contribution < 1.29 is 14.3 Å². The van der Waals surface area contributed by atoms with E-state index in [2.05, 4.69) is 0 Å². The third-order valence-electron chi connectivity index (χ3n) is 3.37. The summed E-state index contributed by atoms with van der Waals surface area (Å²) in [5.74, 6) is -1.20. The lowest BCUT2D eigenvalue weighted by atomic mass is 9.89. The summed E-state index contributed by atoms with van der Waals surface area (Å²) in [7, 11) is 0. The Labute approximate surface area is 117 Å². The Hall–Kier alpha value is -2.16. The quantitative estimate of drug-likeness (QED) is 0.895. The van der Waals surface area contributed by atoms with Crippen molar-refractivity contribution in [2.24, 2.45) is 0 Å². The van der Waals surface area contributed by atoms with Gasteiger partial charge in [-0.3, -0.25) is 4.79 Å². The number of benzene rings is 2. The fourth-order valence-corrected chi connectivity index (χ4v) is 2.26. The second-order valence-corrected chi connectivity index (χ2v) is 5.04. The molecule has 0 bridgehead atoms. The fraction of sp³-hybridized carbons (Fsp3) is 0.235. The van der Waals surface area contributed by atoms with E-state index < -0.39 is 5.97 Å². The van der Waals surface area contributed by atoms with Crippen molar-refractivity contribution in [2.75, 3.05) is 0 Å². The summed E-state index contributed by atoms with van der Waals surface area (Å²) in [5, 5.41) is 9.06. The standard InChI is InChI=1S/C17H17FO2/c1-12-2-6-14(7-3-12)15(11-17(19)20)10-13-4-8-16(18)9-5-13/h2-9,15H,10-11H2,1H3,(H,19,20)/t15-/m1/s1. The SMILES string of the molecule is Cc1ccc([C@@H](CC(=O)O)Cc2ccc(F)cc2)cc1. The Morgan fingerprint density at radius 2 is 1.70 bits per heavy atom. The third kappa shape index (κ3) is 3.92. The molecule has 0 amide bonds. The Balaban J connectivity index is 2.21. The van der Waals surface area contributed by atoms with Crippen LogP contribution >= 0.6 is 0 Å². The second-order valence-electron chi connectivity index (χ2n) is 5.04. The number of halogens is 1. The van der Waals surface area contributed by atoms with Crippen LogP contribution in [0.5, 0.6) is 0 Å². The van der Waals surface area contributed by atoms with Gasteiger partial charge in [0.15, 0.2) is 0 Å². The summed E-state index contributed by atoms with van der Waals surface area (Å²) in [6.07, 6.45) is 0.663. The summed E-state index contributed by atoms with van der Waals surface area (Å²) < 4.78 is 12.9. The summed E-state index contributed by atoms with van der Waals surface area (Å²) in [5.41, 5.74) is 3.09. The highest BCUT2D eigenvalue weighted by molar-refractivity contribution is 5.68. The van der Waals surface area contributed by atoms with Crippen molar-refractivity contribution >= 4 is 5.97 Å². The number of carboxylic acids is 1. The van der Waals surface area contributed by atoms with Gasteiger partial charge in [-0.1, -0.05) is 42.0 Å². The molecule has 2 aromatic rings. The van der Waals surface area contributed by atoms with Crippen molar-refractivity contribution in [1.82, 2.24) is 0 Å². The van der Waals surface area contributed by atoms with Gasteiger partial charge in [0, 0.05) is 0 Å². The maximum Gasteiger partial charge on any atom is 0.303 e. The average Bonchev–Trinajstić information content (AvgIpc) is 2.41. The zero-order valence-electron chi connectivity index (χ0n) is 11.3. The van der Waals surface area contributed by atoms with Gasteiger partial charge in [-0.05, 0) is 42.5 Å². The van der Waals surface area contributed by atoms with Gasteiger partial charge in [-0.15, -0.1) is 0 Å². The van der Waals surface area contributed by atoms with E-state index in [1.165, 1.54) is 12.1 Å². The molecule has 0 aliphatic rings. The van der Waals surface area contributed by atoms with Crippen LogP contribution in [0.1, 0.15) is 29.0 Å². The zero-order valence-corrected chi connectivity index (χ0v) is 11.3. The molecule has 1 N–H and O–H groups in total. The van der Waals surface area contributed by atoms with Gasteiger partial charge < -0.3 is 5.11 Å². The number of carboxylic acid groups (broad SMARTS) is 1. The fourth-order valence-electron chi connectivity index (χ4n) is 2.26. The summed E-state index contributed by atoms with van der Waals surface area (Å²) in [6.45, 7) is 2.00. The number of hydrogen-bond donors (Lipinski definition) is 1. The molecule has 104 valence electrons. The van der Waals surface area contributed by atoms with E-state index in [0.717, 1.165) is 16.7 Å². The lowest BCUT2D eigenvalue weighted by Gasteiger charge is -2.16. The predicted molar refractivity (Wildman–Crippen MR) is 76.3 cm³/mol. The number of carbonyl (C=O) groups is 1. The molecule has 2 nitrogen and oxygen atoms in total. The molecule has 2 aromatic carbocycles. The molecular formula is C17H17FO2. The first-order valence-electron chi connectivity index (χ1n) is 6.57. The second kappa shape index (κ2) is 6.33. The van der Waals surface area contributed by atoms with Crippen LogP contribution in [0, 0.1) is 12.7 Å². The van der Waals surface area contributed by atoms with Crippen LogP contribution in [0.25, 0.3) is 0 Å². The van der Waals surface area contributed by atoms with E-state index in [4.69, 9.17) is 5.11 Å². The molecule has 0 fully saturated rings. The summed E-state index contributed by atoms with van der Waals surface area (Å²) >= 11 is 0. The molecule has 0 heterocycles. The number of hydrogen-bond acceptors (Lipinski definition) is 1. The average molecular weight is 272 g/mol. The van der Waals surface area contributed by atoms with Gasteiger partial charge in [0.2, 0.25) is 0 Å². The topological polar surface area (TPSA) is 37.3 Å². The molecule has 0 aliphatic heterocycles. The Bertz CT molecular complexity index is 573. The monoisotopic (exact) mass is 272 g/mol. The van der Waals surface area contributed by atoms with Gasteiger partial charge in [-0.2, -0.15) is 0 Å². The predicted octanol–water partition coefficient (Wildman–Crippen LogP) is 3.94. The Morgan fingerprint density at radius 3 is 2.25 bits per heavy atom. The Morgan fingerprint density at radius 1 is 1.10 bits per heavy atom. The lowest BCUT2D eigenvalue weighted by molar-refractivity contribution is -0.137. The molecule has 0 unspecified atom stereocenters. The normalized spacial score (nSPS) is 12.1. The van der Waals surface area contributed by atoms with Crippen molar-refractivity contribution in [3.8, 4) is 0 Å². The molecule has 0 aromatic heterocycles. The van der Waals surface area contributed by atoms with Crippen molar-refractivity contribution in [1.29, 1.82) is 0 Å². The molecule has 20 heavy (non-hydrogen) atoms. The van der Waals surface area contributed by atoms with Crippen LogP contribution in [0.3, 0.4) is 0 Å². The molecule has 0 radical (unpaired) electrons. The van der Waals surface area contributed by atoms with E-state index >= 15 is 0 Å². The van der Waals surface area contributed by atoms with Crippen LogP contribution in [0.15, 0.2) is 48.5 Å². The highest BCUT2D eigenvalue weighted by Gasteiger charge is 2.16. The van der Waals surface area contributed by atoms with E-state index in [1.807, 2.05) is 31.2 Å². The summed E-state index contributed by atoms with van der Waals surface area (Å²) in [6, 6.07) is 14.1. The van der Waals surface area contributed by atoms with Crippen LogP contribution in [0.2, 0.25) is 0 Å². The molecule has 0 aliphatic carbocycles. The minimum atomic E-state index is -0.822. The zero-order chi connectivity index (χ0) is 14.5. The Kier molecular flexibility index (Phi) is 4.51. The van der Waals surface area contributed by atoms with Gasteiger partial charge in [0.1, 0.15) is 5.82 Å². The highest BCUT2D eigenvalue weighted by Crippen LogP contribution is 2.25. The van der Waals surface area contributed by atoms with E-state index in [-0.39, 0.29) is 18.2 Å². The largest absolute Gasteiger partial charge is 0.481 e. The molecule has 2 rings (SSSR count). The first-order chi connectivity index (χ1) is 9.54. The smallest absolute Gasteiger partial charge is 0.303 e. The van der Waals surface area contributed by atoms with Crippen LogP contribution in [0.4, 0.5) is 4.39 Å². The van der Waals surface area contributed by atoms with Crippen LogP contribution in [-0.4, -0.2) is 11.1 Å². The van der Waals surface area contributed by atoms with Gasteiger partial charge in [0.05, 0.1) is 6.42 Å². The maximum absolute atomic E-state index is 12.9. The van der Waals surface area contributed by atoms with Gasteiger partial charge in [-0.25, -0.2) is 4.39 Å². The molecule has 0 spiro atoms. The van der Waals surface area contributed by atoms with Gasteiger partial charge >= 0.3 is 5.97 Å². The minimum Gasteiger partial charge on any atom is -0.481 e. The molecule has 0 saturated heterocycles. The lowest BCUT2D eigenvalue weighted by Crippen LogP contribution is -2.09. The van der Waals surface area contributed by atoms with E-state index in [9.17, 15) is 9.18 Å². The van der Waals surface area contributed by atoms with Crippen LogP contribution < -0.4 is 0 Å².